The Labute approximate surface area is 146 Å². The van der Waals surface area contributed by atoms with Gasteiger partial charge in [-0.25, -0.2) is 27.5 Å². The molecular weight excluding hydrogens is 347 g/mol. The van der Waals surface area contributed by atoms with E-state index in [9.17, 15) is 17.6 Å². The number of amides is 1. The summed E-state index contributed by atoms with van der Waals surface area (Å²) in [7, 11) is -2.35. The van der Waals surface area contributed by atoms with Crippen LogP contribution < -0.4 is 4.72 Å². The molecule has 1 heterocycles. The summed E-state index contributed by atoms with van der Waals surface area (Å²) in [5, 5.41) is 0. The summed E-state index contributed by atoms with van der Waals surface area (Å²) in [4.78, 5) is 21.5. The van der Waals surface area contributed by atoms with E-state index in [1.165, 1.54) is 24.2 Å². The van der Waals surface area contributed by atoms with E-state index in [0.717, 1.165) is 12.1 Å². The van der Waals surface area contributed by atoms with E-state index >= 15 is 0 Å². The van der Waals surface area contributed by atoms with E-state index in [1.807, 2.05) is 0 Å². The minimum absolute atomic E-state index is 0.0619. The lowest BCUT2D eigenvalue weighted by atomic mass is 10.2. The van der Waals surface area contributed by atoms with Crippen LogP contribution in [-0.4, -0.2) is 42.8 Å². The van der Waals surface area contributed by atoms with Gasteiger partial charge in [0.15, 0.2) is 0 Å². The third-order valence-corrected chi connectivity index (χ3v) is 5.41. The van der Waals surface area contributed by atoms with Crippen LogP contribution in [0.25, 0.3) is 0 Å². The largest absolute Gasteiger partial charge is 0.336 e. The Hall–Kier alpha value is -2.39. The molecule has 1 amide bonds. The average molecular weight is 366 g/mol. The fourth-order valence-corrected chi connectivity index (χ4v) is 3.43. The first-order valence-corrected chi connectivity index (χ1v) is 8.98. The van der Waals surface area contributed by atoms with E-state index in [2.05, 4.69) is 14.7 Å². The molecule has 134 valence electrons. The van der Waals surface area contributed by atoms with E-state index in [1.54, 1.807) is 26.2 Å². The molecule has 2 rings (SSSR count). The standard InChI is InChI=1S/C16H19FN4O3S/c1-11-8-13(17)4-5-15(11)25(23,24)20-9-16(22)21(3)12(2)14-6-7-18-10-19-14/h4-8,10,12,20H,9H2,1-3H3/t12-/m0/s1. The first-order valence-electron chi connectivity index (χ1n) is 7.50. The number of benzene rings is 1. The number of carbonyl (C=O) groups is 1. The highest BCUT2D eigenvalue weighted by Crippen LogP contribution is 2.17. The zero-order chi connectivity index (χ0) is 18.6. The van der Waals surface area contributed by atoms with Crippen molar-refractivity contribution in [2.24, 2.45) is 0 Å². The number of sulfonamides is 1. The zero-order valence-corrected chi connectivity index (χ0v) is 14.9. The summed E-state index contributed by atoms with van der Waals surface area (Å²) in [6.07, 6.45) is 2.95. The number of likely N-dealkylation sites (N-methyl/N-ethyl adjacent to an activating group) is 1. The predicted molar refractivity (Wildman–Crippen MR) is 89.5 cm³/mol. The molecule has 0 radical (unpaired) electrons. The van der Waals surface area contributed by atoms with Crippen molar-refractivity contribution in [3.05, 3.63) is 53.9 Å². The number of nitrogens with zero attached hydrogens (tertiary/aromatic N) is 3. The molecule has 0 saturated heterocycles. The van der Waals surface area contributed by atoms with Gasteiger partial charge in [0.1, 0.15) is 12.1 Å². The Morgan fingerprint density at radius 1 is 1.36 bits per heavy atom. The number of nitrogens with one attached hydrogen (secondary N) is 1. The molecule has 0 saturated carbocycles. The Morgan fingerprint density at radius 3 is 2.68 bits per heavy atom. The van der Waals surface area contributed by atoms with E-state index < -0.39 is 28.3 Å². The molecule has 1 N–H and O–H groups in total. The Morgan fingerprint density at radius 2 is 2.08 bits per heavy atom. The Bertz CT molecular complexity index is 859. The molecule has 0 bridgehead atoms. The Balaban J connectivity index is 2.05. The molecule has 2 aromatic rings. The molecule has 0 aliphatic rings. The van der Waals surface area contributed by atoms with Crippen LogP contribution in [0.1, 0.15) is 24.2 Å². The number of halogens is 1. The topological polar surface area (TPSA) is 92.3 Å². The second-order valence-electron chi connectivity index (χ2n) is 5.55. The first-order chi connectivity index (χ1) is 11.7. The maximum Gasteiger partial charge on any atom is 0.241 e. The van der Waals surface area contributed by atoms with Crippen molar-refractivity contribution in [3.63, 3.8) is 0 Å². The van der Waals surface area contributed by atoms with Gasteiger partial charge in [0, 0.05) is 13.2 Å². The van der Waals surface area contributed by atoms with Crippen molar-refractivity contribution in [1.29, 1.82) is 0 Å². The van der Waals surface area contributed by atoms with Crippen molar-refractivity contribution in [3.8, 4) is 0 Å². The predicted octanol–water partition coefficient (Wildman–Crippen LogP) is 1.42. The second kappa shape index (κ2) is 7.66. The highest BCUT2D eigenvalue weighted by atomic mass is 32.2. The third-order valence-electron chi connectivity index (χ3n) is 3.85. The van der Waals surface area contributed by atoms with Gasteiger partial charge in [-0.05, 0) is 43.7 Å². The van der Waals surface area contributed by atoms with Crippen molar-refractivity contribution in [1.82, 2.24) is 19.6 Å². The smallest absolute Gasteiger partial charge is 0.241 e. The van der Waals surface area contributed by atoms with Gasteiger partial charge in [-0.2, -0.15) is 0 Å². The van der Waals surface area contributed by atoms with Gasteiger partial charge in [-0.15, -0.1) is 0 Å². The normalized spacial score (nSPS) is 12.6. The lowest BCUT2D eigenvalue weighted by Gasteiger charge is -2.24. The summed E-state index contributed by atoms with van der Waals surface area (Å²) in [6.45, 7) is 2.85. The average Bonchev–Trinajstić information content (AvgIpc) is 2.58. The SMILES string of the molecule is Cc1cc(F)ccc1S(=O)(=O)NCC(=O)N(C)[C@@H](C)c1ccncn1. The van der Waals surface area contributed by atoms with Gasteiger partial charge in [-0.1, -0.05) is 0 Å². The van der Waals surface area contributed by atoms with Crippen LogP contribution in [0.5, 0.6) is 0 Å². The van der Waals surface area contributed by atoms with Gasteiger partial charge in [0.05, 0.1) is 23.2 Å². The maximum absolute atomic E-state index is 13.1. The third kappa shape index (κ3) is 4.58. The van der Waals surface area contributed by atoms with Gasteiger partial charge in [-0.3, -0.25) is 4.79 Å². The van der Waals surface area contributed by atoms with Crippen LogP contribution in [0.2, 0.25) is 0 Å². The second-order valence-corrected chi connectivity index (χ2v) is 7.28. The minimum Gasteiger partial charge on any atom is -0.336 e. The van der Waals surface area contributed by atoms with Crippen LogP contribution in [0, 0.1) is 12.7 Å². The summed E-state index contributed by atoms with van der Waals surface area (Å²) in [5.74, 6) is -0.944. The summed E-state index contributed by atoms with van der Waals surface area (Å²) in [5.41, 5.74) is 0.908. The fourth-order valence-electron chi connectivity index (χ4n) is 2.24. The number of aromatic nitrogens is 2. The minimum atomic E-state index is -3.92. The highest BCUT2D eigenvalue weighted by Gasteiger charge is 2.22. The van der Waals surface area contributed by atoms with Crippen molar-refractivity contribution in [2.45, 2.75) is 24.8 Å². The van der Waals surface area contributed by atoms with Gasteiger partial charge in [0.2, 0.25) is 15.9 Å². The summed E-state index contributed by atoms with van der Waals surface area (Å²) < 4.78 is 40.0. The summed E-state index contributed by atoms with van der Waals surface area (Å²) in [6, 6.07) is 4.70. The van der Waals surface area contributed by atoms with Crippen LogP contribution in [0.4, 0.5) is 4.39 Å². The molecule has 0 unspecified atom stereocenters. The lowest BCUT2D eigenvalue weighted by Crippen LogP contribution is -2.39. The van der Waals surface area contributed by atoms with Crippen LogP contribution in [-0.2, 0) is 14.8 Å². The Kier molecular flexibility index (Phi) is 5.81. The molecule has 0 aliphatic heterocycles. The number of rotatable bonds is 6. The van der Waals surface area contributed by atoms with Crippen molar-refractivity contribution >= 4 is 15.9 Å². The van der Waals surface area contributed by atoms with Gasteiger partial charge < -0.3 is 4.90 Å². The quantitative estimate of drug-likeness (QED) is 0.835. The van der Waals surface area contributed by atoms with E-state index in [4.69, 9.17) is 0 Å². The van der Waals surface area contributed by atoms with Gasteiger partial charge >= 0.3 is 0 Å². The molecule has 0 fully saturated rings. The molecule has 7 nitrogen and oxygen atoms in total. The summed E-state index contributed by atoms with van der Waals surface area (Å²) >= 11 is 0. The van der Waals surface area contributed by atoms with E-state index in [-0.39, 0.29) is 16.5 Å². The van der Waals surface area contributed by atoms with Crippen LogP contribution in [0.3, 0.4) is 0 Å². The van der Waals surface area contributed by atoms with Crippen molar-refractivity contribution in [2.75, 3.05) is 13.6 Å². The van der Waals surface area contributed by atoms with Gasteiger partial charge in [0.25, 0.3) is 0 Å². The number of hydrogen-bond acceptors (Lipinski definition) is 5. The van der Waals surface area contributed by atoms with Crippen LogP contribution in [0.15, 0.2) is 41.7 Å². The molecule has 1 atom stereocenters. The number of hydrogen-bond donors (Lipinski definition) is 1. The number of carbonyl (C=O) groups excluding carboxylic acids is 1. The molecule has 1 aromatic heterocycles. The first kappa shape index (κ1) is 18.9. The van der Waals surface area contributed by atoms with E-state index in [0.29, 0.717) is 5.69 Å². The molecule has 0 aliphatic carbocycles. The monoisotopic (exact) mass is 366 g/mol. The molecule has 1 aromatic carbocycles. The number of aryl methyl sites for hydroxylation is 1. The molecular formula is C16H19FN4O3S. The molecule has 0 spiro atoms. The maximum atomic E-state index is 13.1. The van der Waals surface area contributed by atoms with Crippen LogP contribution >= 0.6 is 0 Å². The fraction of sp³-hybridized carbons (Fsp3) is 0.312. The molecule has 25 heavy (non-hydrogen) atoms. The molecule has 9 heteroatoms. The zero-order valence-electron chi connectivity index (χ0n) is 14.1. The van der Waals surface area contributed by atoms with Crippen molar-refractivity contribution < 1.29 is 17.6 Å². The highest BCUT2D eigenvalue weighted by molar-refractivity contribution is 7.89. The lowest BCUT2D eigenvalue weighted by molar-refractivity contribution is -0.130.